The van der Waals surface area contributed by atoms with E-state index in [0.717, 1.165) is 5.56 Å². The number of carbonyl (C=O) groups excluding carboxylic acids is 2. The molecule has 2 heterocycles. The maximum absolute atomic E-state index is 12.3. The fourth-order valence-electron chi connectivity index (χ4n) is 2.87. The Balaban J connectivity index is 1.85. The third-order valence-corrected chi connectivity index (χ3v) is 4.40. The van der Waals surface area contributed by atoms with Gasteiger partial charge in [-0.25, -0.2) is 4.98 Å². The van der Waals surface area contributed by atoms with E-state index in [1.807, 2.05) is 25.1 Å². The zero-order valence-electron chi connectivity index (χ0n) is 14.4. The van der Waals surface area contributed by atoms with E-state index in [1.54, 1.807) is 25.2 Å². The molecule has 1 aromatic carbocycles. The number of halogens is 1. The van der Waals surface area contributed by atoms with Gasteiger partial charge in [-0.3, -0.25) is 14.6 Å². The van der Waals surface area contributed by atoms with Crippen molar-refractivity contribution in [2.45, 2.75) is 12.5 Å². The van der Waals surface area contributed by atoms with Gasteiger partial charge >= 0.3 is 0 Å². The van der Waals surface area contributed by atoms with Gasteiger partial charge in [-0.15, -0.1) is 0 Å². The number of amides is 2. The number of aliphatic imine (C=N–C) groups is 1. The lowest BCUT2D eigenvalue weighted by Gasteiger charge is -2.35. The Morgan fingerprint density at radius 3 is 2.77 bits per heavy atom. The van der Waals surface area contributed by atoms with Crippen LogP contribution >= 0.6 is 11.6 Å². The van der Waals surface area contributed by atoms with Crippen molar-refractivity contribution in [3.05, 3.63) is 58.9 Å². The molecule has 1 aromatic heterocycles. The fraction of sp³-hybridized carbons (Fsp3) is 0.222. The minimum atomic E-state index is -0.688. The lowest BCUT2D eigenvalue weighted by molar-refractivity contribution is -0.124. The van der Waals surface area contributed by atoms with E-state index >= 15 is 0 Å². The van der Waals surface area contributed by atoms with Crippen molar-refractivity contribution >= 4 is 34.9 Å². The van der Waals surface area contributed by atoms with Crippen molar-refractivity contribution in [2.24, 2.45) is 10.7 Å². The van der Waals surface area contributed by atoms with Crippen LogP contribution in [0.2, 0.25) is 5.02 Å². The number of nitrogens with two attached hydrogens (primary N) is 1. The monoisotopic (exact) mass is 371 g/mol. The average molecular weight is 372 g/mol. The summed E-state index contributed by atoms with van der Waals surface area (Å²) >= 11 is 5.79. The summed E-state index contributed by atoms with van der Waals surface area (Å²) in [5.74, 6) is -0.662. The molecule has 2 amide bonds. The van der Waals surface area contributed by atoms with Crippen LogP contribution in [0.4, 0.5) is 5.69 Å². The number of anilines is 1. The van der Waals surface area contributed by atoms with Gasteiger partial charge in [-0.05, 0) is 36.8 Å². The maximum Gasteiger partial charge on any atom is 0.288 e. The summed E-state index contributed by atoms with van der Waals surface area (Å²) in [6, 6.07) is 10.4. The number of hydrogen-bond donors (Lipinski definition) is 2. The van der Waals surface area contributed by atoms with Gasteiger partial charge in [0.1, 0.15) is 11.2 Å². The summed E-state index contributed by atoms with van der Waals surface area (Å²) in [5, 5.41) is 3.26. The first-order valence-corrected chi connectivity index (χ1v) is 8.30. The van der Waals surface area contributed by atoms with Gasteiger partial charge < -0.3 is 16.0 Å². The highest BCUT2D eigenvalue weighted by Gasteiger charge is 2.35. The summed E-state index contributed by atoms with van der Waals surface area (Å²) in [5.41, 5.74) is 6.76. The number of carbonyl (C=O) groups is 2. The number of pyridine rings is 1. The van der Waals surface area contributed by atoms with Gasteiger partial charge in [0.15, 0.2) is 5.84 Å². The SMILES string of the molecule is CN1CC(C)(c2cccc(NC(=O)c3ccc(Cl)cn3)c2)N=C(N)C1=O. The number of likely N-dealkylation sites (N-methyl/N-ethyl adjacent to an activating group) is 1. The van der Waals surface area contributed by atoms with E-state index in [9.17, 15) is 9.59 Å². The molecule has 2 aromatic rings. The number of amidine groups is 1. The molecule has 3 N–H and O–H groups in total. The van der Waals surface area contributed by atoms with Crippen LogP contribution in [0.5, 0.6) is 0 Å². The van der Waals surface area contributed by atoms with Crippen LogP contribution in [-0.2, 0) is 10.3 Å². The van der Waals surface area contributed by atoms with Crippen LogP contribution in [-0.4, -0.2) is 41.1 Å². The highest BCUT2D eigenvalue weighted by Crippen LogP contribution is 2.30. The van der Waals surface area contributed by atoms with Crippen molar-refractivity contribution < 1.29 is 9.59 Å². The van der Waals surface area contributed by atoms with Gasteiger partial charge in [0, 0.05) is 25.5 Å². The first kappa shape index (κ1) is 17.9. The molecule has 3 rings (SSSR count). The molecular formula is C18H18ClN5O2. The van der Waals surface area contributed by atoms with Crippen LogP contribution in [0.1, 0.15) is 23.0 Å². The second-order valence-electron chi connectivity index (χ2n) is 6.33. The predicted molar refractivity (Wildman–Crippen MR) is 100 cm³/mol. The van der Waals surface area contributed by atoms with Gasteiger partial charge in [0.2, 0.25) is 0 Å². The fourth-order valence-corrected chi connectivity index (χ4v) is 2.98. The van der Waals surface area contributed by atoms with E-state index < -0.39 is 5.54 Å². The van der Waals surface area contributed by atoms with Gasteiger partial charge in [0.05, 0.1) is 5.02 Å². The maximum atomic E-state index is 12.3. The van der Waals surface area contributed by atoms with Crippen LogP contribution in [0, 0.1) is 0 Å². The largest absolute Gasteiger partial charge is 0.379 e. The zero-order valence-corrected chi connectivity index (χ0v) is 15.1. The molecule has 0 aliphatic carbocycles. The molecular weight excluding hydrogens is 354 g/mol. The van der Waals surface area contributed by atoms with Gasteiger partial charge in [-0.1, -0.05) is 23.7 Å². The summed E-state index contributed by atoms with van der Waals surface area (Å²) in [6.45, 7) is 2.28. The summed E-state index contributed by atoms with van der Waals surface area (Å²) in [6.07, 6.45) is 1.42. The molecule has 0 saturated carbocycles. The highest BCUT2D eigenvalue weighted by atomic mass is 35.5. The molecule has 1 aliphatic heterocycles. The molecule has 1 atom stereocenters. The second kappa shape index (κ2) is 6.76. The minimum absolute atomic E-state index is 0.0268. The molecule has 0 fully saturated rings. The summed E-state index contributed by atoms with van der Waals surface area (Å²) in [4.78, 5) is 34.1. The number of benzene rings is 1. The average Bonchev–Trinajstić information content (AvgIpc) is 2.60. The number of hydrogen-bond acceptors (Lipinski definition) is 5. The van der Waals surface area contributed by atoms with Crippen molar-refractivity contribution in [3.8, 4) is 0 Å². The lowest BCUT2D eigenvalue weighted by atomic mass is 9.90. The minimum Gasteiger partial charge on any atom is -0.379 e. The molecule has 0 bridgehead atoms. The predicted octanol–water partition coefficient (Wildman–Crippen LogP) is 2.03. The molecule has 0 spiro atoms. The molecule has 134 valence electrons. The molecule has 0 radical (unpaired) electrons. The van der Waals surface area contributed by atoms with Crippen molar-refractivity contribution in [3.63, 3.8) is 0 Å². The van der Waals surface area contributed by atoms with Crippen LogP contribution < -0.4 is 11.1 Å². The normalized spacial score (nSPS) is 19.9. The number of nitrogens with one attached hydrogen (secondary N) is 1. The van der Waals surface area contributed by atoms with Gasteiger partial charge in [0.25, 0.3) is 11.8 Å². The van der Waals surface area contributed by atoms with Crippen LogP contribution in [0.3, 0.4) is 0 Å². The van der Waals surface area contributed by atoms with E-state index in [0.29, 0.717) is 17.3 Å². The zero-order chi connectivity index (χ0) is 18.9. The van der Waals surface area contributed by atoms with Gasteiger partial charge in [-0.2, -0.15) is 0 Å². The van der Waals surface area contributed by atoms with E-state index in [-0.39, 0.29) is 23.3 Å². The molecule has 7 nitrogen and oxygen atoms in total. The summed E-state index contributed by atoms with van der Waals surface area (Å²) in [7, 11) is 1.68. The van der Waals surface area contributed by atoms with E-state index in [4.69, 9.17) is 17.3 Å². The smallest absolute Gasteiger partial charge is 0.288 e. The molecule has 8 heteroatoms. The Kier molecular flexibility index (Phi) is 4.65. The first-order valence-electron chi connectivity index (χ1n) is 7.93. The Bertz CT molecular complexity index is 897. The molecule has 1 aliphatic rings. The highest BCUT2D eigenvalue weighted by molar-refractivity contribution is 6.37. The van der Waals surface area contributed by atoms with Crippen LogP contribution in [0.25, 0.3) is 0 Å². The standard InChI is InChI=1S/C18H18ClN5O2/c1-18(10-24(2)17(26)15(20)23-18)11-4-3-5-13(8-11)22-16(25)14-7-6-12(19)9-21-14/h3-9H,10H2,1-2H3,(H2,20,23)(H,22,25). The summed E-state index contributed by atoms with van der Waals surface area (Å²) < 4.78 is 0. The number of rotatable bonds is 3. The Morgan fingerprint density at radius 2 is 2.12 bits per heavy atom. The van der Waals surface area contributed by atoms with E-state index in [1.165, 1.54) is 11.1 Å². The third-order valence-electron chi connectivity index (χ3n) is 4.18. The Morgan fingerprint density at radius 1 is 1.35 bits per heavy atom. The number of nitrogens with zero attached hydrogens (tertiary/aromatic N) is 3. The Labute approximate surface area is 155 Å². The molecule has 0 saturated heterocycles. The quantitative estimate of drug-likeness (QED) is 0.861. The number of aromatic nitrogens is 1. The molecule has 26 heavy (non-hydrogen) atoms. The van der Waals surface area contributed by atoms with E-state index in [2.05, 4.69) is 15.3 Å². The third kappa shape index (κ3) is 3.52. The second-order valence-corrected chi connectivity index (χ2v) is 6.77. The Hall–Kier alpha value is -2.93. The topological polar surface area (TPSA) is 101 Å². The van der Waals surface area contributed by atoms with Crippen molar-refractivity contribution in [2.75, 3.05) is 18.9 Å². The first-order chi connectivity index (χ1) is 12.3. The lowest BCUT2D eigenvalue weighted by Crippen LogP contribution is -2.50. The van der Waals surface area contributed by atoms with Crippen molar-refractivity contribution in [1.82, 2.24) is 9.88 Å². The molecule has 1 unspecified atom stereocenters. The van der Waals surface area contributed by atoms with Crippen molar-refractivity contribution in [1.29, 1.82) is 0 Å². The van der Waals surface area contributed by atoms with Crippen LogP contribution in [0.15, 0.2) is 47.6 Å².